The predicted molar refractivity (Wildman–Crippen MR) is 126 cm³/mol. The third-order valence-corrected chi connectivity index (χ3v) is 6.84. The van der Waals surface area contributed by atoms with Crippen LogP contribution in [0, 0.1) is 20.8 Å². The normalized spacial score (nSPS) is 22.0. The van der Waals surface area contributed by atoms with Gasteiger partial charge in [0.05, 0.1) is 19.3 Å². The van der Waals surface area contributed by atoms with Gasteiger partial charge in [0.15, 0.2) is 12.2 Å². The molecule has 3 heterocycles. The van der Waals surface area contributed by atoms with Crippen LogP contribution < -0.4 is 9.64 Å². The second kappa shape index (κ2) is 7.79. The van der Waals surface area contributed by atoms with E-state index in [9.17, 15) is 9.59 Å². The highest BCUT2D eigenvalue weighted by Crippen LogP contribution is 2.37. The van der Waals surface area contributed by atoms with Crippen LogP contribution in [-0.2, 0) is 11.3 Å². The minimum Gasteiger partial charge on any atom is -0.495 e. The lowest BCUT2D eigenvalue weighted by atomic mass is 10.0. The molecule has 2 aromatic carbocycles. The first-order valence-electron chi connectivity index (χ1n) is 11.2. The number of fused-ring (bicyclic) bond motifs is 3. The maximum absolute atomic E-state index is 13.6. The summed E-state index contributed by atoms with van der Waals surface area (Å²) in [5.74, 6) is 1.28. The van der Waals surface area contributed by atoms with Crippen LogP contribution in [0.1, 0.15) is 22.3 Å². The summed E-state index contributed by atoms with van der Waals surface area (Å²) in [6.07, 6.45) is -0.534. The smallest absolute Gasteiger partial charge is 0.328 e. The molecule has 8 heteroatoms. The van der Waals surface area contributed by atoms with Crippen LogP contribution >= 0.6 is 0 Å². The van der Waals surface area contributed by atoms with Gasteiger partial charge in [-0.1, -0.05) is 29.8 Å². The second-order valence-corrected chi connectivity index (χ2v) is 9.06. The summed E-state index contributed by atoms with van der Waals surface area (Å²) < 4.78 is 5.59. The third-order valence-electron chi connectivity index (χ3n) is 6.84. The number of aryl methyl sites for hydroxylation is 3. The molecule has 172 valence electrons. The number of hydrogen-bond donors (Lipinski definition) is 0. The monoisotopic (exact) mass is 447 g/mol. The van der Waals surface area contributed by atoms with E-state index in [1.165, 1.54) is 4.90 Å². The van der Waals surface area contributed by atoms with Gasteiger partial charge in [-0.3, -0.25) is 9.69 Å². The van der Waals surface area contributed by atoms with Gasteiger partial charge < -0.3 is 19.4 Å². The Morgan fingerprint density at radius 3 is 2.52 bits per heavy atom. The maximum atomic E-state index is 13.6. The second-order valence-electron chi connectivity index (χ2n) is 9.06. The molecule has 0 N–H and O–H groups in total. The number of guanidine groups is 1. The van der Waals surface area contributed by atoms with Gasteiger partial charge in [-0.05, 0) is 49.6 Å². The van der Waals surface area contributed by atoms with E-state index >= 15 is 0 Å². The quantitative estimate of drug-likeness (QED) is 0.721. The molecule has 2 unspecified atom stereocenters. The fourth-order valence-electron chi connectivity index (χ4n) is 4.96. The number of anilines is 1. The van der Waals surface area contributed by atoms with E-state index in [1.807, 2.05) is 56.0 Å². The minimum absolute atomic E-state index is 0.194. The molecule has 8 nitrogen and oxygen atoms in total. The van der Waals surface area contributed by atoms with Crippen LogP contribution in [0.15, 0.2) is 41.4 Å². The van der Waals surface area contributed by atoms with Gasteiger partial charge in [-0.15, -0.1) is 0 Å². The van der Waals surface area contributed by atoms with Crippen molar-refractivity contribution in [2.45, 2.75) is 39.5 Å². The molecule has 33 heavy (non-hydrogen) atoms. The zero-order valence-electron chi connectivity index (χ0n) is 19.7. The Morgan fingerprint density at radius 2 is 1.76 bits per heavy atom. The van der Waals surface area contributed by atoms with Gasteiger partial charge in [0, 0.05) is 20.1 Å². The standard InChI is InChI=1S/C25H29N5O3/c1-15-6-8-17(3)18(12-15)14-30-23(31)21-22(27(4)25(30)32)26-24-28(10-11-29(21)24)19-13-16(2)7-9-20(19)33-5/h6-9,12-13,21-22H,10-11,14H2,1-5H3. The molecule has 2 saturated heterocycles. The summed E-state index contributed by atoms with van der Waals surface area (Å²) in [4.78, 5) is 38.8. The van der Waals surface area contributed by atoms with Crippen molar-refractivity contribution in [2.24, 2.45) is 4.99 Å². The Kier molecular flexibility index (Phi) is 5.03. The summed E-state index contributed by atoms with van der Waals surface area (Å²) >= 11 is 0. The number of likely N-dealkylation sites (N-methyl/N-ethyl adjacent to an activating group) is 1. The molecule has 0 saturated carbocycles. The lowest BCUT2D eigenvalue weighted by Gasteiger charge is -2.40. The number of hydrogen-bond acceptors (Lipinski definition) is 6. The molecule has 3 amide bonds. The Hall–Kier alpha value is -3.55. The number of amides is 3. The SMILES string of the molecule is COc1ccc(C)cc1N1CCN2C1=NC1C2C(=O)N(Cc2cc(C)ccc2C)C(=O)N1C. The molecule has 0 aromatic heterocycles. The van der Waals surface area contributed by atoms with Crippen LogP contribution in [0.2, 0.25) is 0 Å². The highest BCUT2D eigenvalue weighted by atomic mass is 16.5. The van der Waals surface area contributed by atoms with E-state index in [2.05, 4.69) is 11.0 Å². The molecule has 2 atom stereocenters. The van der Waals surface area contributed by atoms with Crippen molar-refractivity contribution < 1.29 is 14.3 Å². The van der Waals surface area contributed by atoms with Crippen molar-refractivity contribution in [1.29, 1.82) is 0 Å². The van der Waals surface area contributed by atoms with Crippen molar-refractivity contribution in [3.8, 4) is 5.75 Å². The highest BCUT2D eigenvalue weighted by Gasteiger charge is 2.54. The van der Waals surface area contributed by atoms with Crippen LogP contribution in [-0.4, -0.2) is 72.1 Å². The summed E-state index contributed by atoms with van der Waals surface area (Å²) in [5.41, 5.74) is 5.19. The third kappa shape index (κ3) is 3.32. The number of benzene rings is 2. The molecule has 0 aliphatic carbocycles. The summed E-state index contributed by atoms with van der Waals surface area (Å²) in [6.45, 7) is 7.67. The van der Waals surface area contributed by atoms with Gasteiger partial charge in [0.1, 0.15) is 5.75 Å². The number of ether oxygens (including phenoxy) is 1. The van der Waals surface area contributed by atoms with Gasteiger partial charge in [0.2, 0.25) is 5.96 Å². The number of nitrogens with zero attached hydrogens (tertiary/aromatic N) is 5. The molecule has 2 aromatic rings. The number of rotatable bonds is 4. The largest absolute Gasteiger partial charge is 0.495 e. The molecule has 3 aliphatic heterocycles. The van der Waals surface area contributed by atoms with Crippen LogP contribution in [0.4, 0.5) is 10.5 Å². The Morgan fingerprint density at radius 1 is 1.03 bits per heavy atom. The summed E-state index contributed by atoms with van der Waals surface area (Å²) in [6, 6.07) is 11.3. The van der Waals surface area contributed by atoms with Crippen LogP contribution in [0.5, 0.6) is 5.75 Å². The molecule has 3 aliphatic rings. The topological polar surface area (TPSA) is 68.7 Å². The number of carbonyl (C=O) groups excluding carboxylic acids is 2. The molecule has 5 rings (SSSR count). The lowest BCUT2D eigenvalue weighted by molar-refractivity contribution is -0.137. The first-order chi connectivity index (χ1) is 15.8. The minimum atomic E-state index is -0.534. The summed E-state index contributed by atoms with van der Waals surface area (Å²) in [5, 5.41) is 0. The summed E-state index contributed by atoms with van der Waals surface area (Å²) in [7, 11) is 3.38. The average molecular weight is 448 g/mol. The number of urea groups is 1. The number of methoxy groups -OCH3 is 1. The molecule has 2 fully saturated rings. The Balaban J connectivity index is 1.47. The fraction of sp³-hybridized carbons (Fsp3) is 0.400. The fourth-order valence-corrected chi connectivity index (χ4v) is 4.96. The zero-order chi connectivity index (χ0) is 23.4. The van der Waals surface area contributed by atoms with Crippen molar-refractivity contribution in [2.75, 3.05) is 32.1 Å². The number of imide groups is 1. The van der Waals surface area contributed by atoms with E-state index in [0.29, 0.717) is 13.1 Å². The van der Waals surface area contributed by atoms with Crippen molar-refractivity contribution in [3.63, 3.8) is 0 Å². The van der Waals surface area contributed by atoms with Crippen LogP contribution in [0.25, 0.3) is 0 Å². The Labute approximate surface area is 194 Å². The molecular weight excluding hydrogens is 418 g/mol. The van der Waals surface area contributed by atoms with Crippen molar-refractivity contribution >= 4 is 23.6 Å². The van der Waals surface area contributed by atoms with Crippen molar-refractivity contribution in [1.82, 2.24) is 14.7 Å². The van der Waals surface area contributed by atoms with Crippen molar-refractivity contribution in [3.05, 3.63) is 58.7 Å². The molecule has 0 bridgehead atoms. The first-order valence-corrected chi connectivity index (χ1v) is 11.2. The van der Waals surface area contributed by atoms with E-state index in [-0.39, 0.29) is 18.5 Å². The van der Waals surface area contributed by atoms with E-state index in [1.54, 1.807) is 19.1 Å². The highest BCUT2D eigenvalue weighted by molar-refractivity contribution is 6.08. The molecule has 0 radical (unpaired) electrons. The zero-order valence-corrected chi connectivity index (χ0v) is 19.7. The predicted octanol–water partition coefficient (Wildman–Crippen LogP) is 2.90. The maximum Gasteiger partial charge on any atom is 0.328 e. The van der Waals surface area contributed by atoms with Gasteiger partial charge in [-0.25, -0.2) is 9.79 Å². The van der Waals surface area contributed by atoms with E-state index in [0.717, 1.165) is 39.7 Å². The van der Waals surface area contributed by atoms with Gasteiger partial charge >= 0.3 is 6.03 Å². The van der Waals surface area contributed by atoms with E-state index in [4.69, 9.17) is 9.73 Å². The number of aliphatic imine (C=N–C) groups is 1. The molecule has 0 spiro atoms. The first kappa shape index (κ1) is 21.3. The van der Waals surface area contributed by atoms with Gasteiger partial charge in [0.25, 0.3) is 5.91 Å². The van der Waals surface area contributed by atoms with E-state index < -0.39 is 12.2 Å². The average Bonchev–Trinajstić information content (AvgIpc) is 3.37. The lowest BCUT2D eigenvalue weighted by Crippen LogP contribution is -2.64. The van der Waals surface area contributed by atoms with Gasteiger partial charge in [-0.2, -0.15) is 0 Å². The Bertz CT molecular complexity index is 1180. The van der Waals surface area contributed by atoms with Crippen LogP contribution in [0.3, 0.4) is 0 Å². The number of carbonyl (C=O) groups is 2. The molecular formula is C25H29N5O3.